The molecule has 30 heavy (non-hydrogen) atoms. The largest absolute Gasteiger partial charge is 0.378 e. The Morgan fingerprint density at radius 1 is 1.07 bits per heavy atom. The molecule has 0 amide bonds. The third-order valence-corrected chi connectivity index (χ3v) is 5.26. The summed E-state index contributed by atoms with van der Waals surface area (Å²) in [5.74, 6) is 1.68. The second-order valence-corrected chi connectivity index (χ2v) is 7.23. The Balaban J connectivity index is 1.54. The van der Waals surface area contributed by atoms with Crippen molar-refractivity contribution in [3.63, 3.8) is 0 Å². The van der Waals surface area contributed by atoms with Gasteiger partial charge >= 0.3 is 0 Å². The molecule has 9 heteroatoms. The first-order valence-electron chi connectivity index (χ1n) is 10.0. The van der Waals surface area contributed by atoms with Crippen LogP contribution in [0.5, 0.6) is 0 Å². The van der Waals surface area contributed by atoms with Crippen molar-refractivity contribution in [3.8, 4) is 11.3 Å². The van der Waals surface area contributed by atoms with E-state index < -0.39 is 0 Å². The molecule has 0 atom stereocenters. The van der Waals surface area contributed by atoms with Gasteiger partial charge in [0, 0.05) is 49.4 Å². The van der Waals surface area contributed by atoms with Crippen LogP contribution in [-0.2, 0) is 9.47 Å². The Labute approximate surface area is 173 Å². The molecule has 5 rings (SSSR count). The molecule has 3 aromatic heterocycles. The molecule has 0 spiro atoms. The van der Waals surface area contributed by atoms with Crippen LogP contribution in [0.4, 0.5) is 11.6 Å². The van der Waals surface area contributed by atoms with Crippen LogP contribution in [0.15, 0.2) is 48.4 Å². The van der Waals surface area contributed by atoms with E-state index in [1.165, 1.54) is 0 Å². The zero-order chi connectivity index (χ0) is 20.3. The fourth-order valence-corrected chi connectivity index (χ4v) is 3.63. The minimum Gasteiger partial charge on any atom is -0.378 e. The van der Waals surface area contributed by atoms with Gasteiger partial charge in [-0.1, -0.05) is 0 Å². The van der Waals surface area contributed by atoms with E-state index in [-0.39, 0.29) is 0 Å². The highest BCUT2D eigenvalue weighted by Crippen LogP contribution is 2.26. The van der Waals surface area contributed by atoms with E-state index in [0.29, 0.717) is 32.1 Å². The first kappa shape index (κ1) is 18.7. The Morgan fingerprint density at radius 3 is 2.70 bits per heavy atom. The van der Waals surface area contributed by atoms with Gasteiger partial charge in [-0.25, -0.2) is 4.98 Å². The van der Waals surface area contributed by atoms with Crippen molar-refractivity contribution in [1.82, 2.24) is 19.6 Å². The number of morpholine rings is 1. The first-order valence-corrected chi connectivity index (χ1v) is 10.0. The van der Waals surface area contributed by atoms with Gasteiger partial charge in [-0.2, -0.15) is 9.61 Å². The number of nitrogens with one attached hydrogen (secondary N) is 2. The predicted octanol–water partition coefficient (Wildman–Crippen LogP) is 2.36. The van der Waals surface area contributed by atoms with Crippen LogP contribution < -0.4 is 10.2 Å². The number of hydrogen-bond acceptors (Lipinski definition) is 8. The van der Waals surface area contributed by atoms with Crippen molar-refractivity contribution in [2.75, 3.05) is 49.7 Å². The van der Waals surface area contributed by atoms with Crippen LogP contribution in [0.25, 0.3) is 16.9 Å². The number of anilines is 2. The van der Waals surface area contributed by atoms with Gasteiger partial charge in [0.2, 0.25) is 0 Å². The molecule has 0 aromatic carbocycles. The molecular weight excluding hydrogens is 382 g/mol. The Kier molecular flexibility index (Phi) is 5.12. The molecule has 5 heterocycles. The minimum absolute atomic E-state index is 0.358. The lowest BCUT2D eigenvalue weighted by molar-refractivity contribution is 0.122. The first-order chi connectivity index (χ1) is 14.8. The highest BCUT2D eigenvalue weighted by atomic mass is 16.5. The highest BCUT2D eigenvalue weighted by Gasteiger charge is 2.18. The summed E-state index contributed by atoms with van der Waals surface area (Å²) in [6.07, 6.45) is 6.12. The summed E-state index contributed by atoms with van der Waals surface area (Å²) >= 11 is 0. The van der Waals surface area contributed by atoms with E-state index >= 15 is 0 Å². The lowest BCUT2D eigenvalue weighted by atomic mass is 10.1. The van der Waals surface area contributed by atoms with Crippen molar-refractivity contribution >= 4 is 23.0 Å². The summed E-state index contributed by atoms with van der Waals surface area (Å²) in [6, 6.07) is 7.86. The van der Waals surface area contributed by atoms with E-state index in [1.807, 2.05) is 35.0 Å². The maximum absolute atomic E-state index is 8.05. The smallest absolute Gasteiger partial charge is 0.160 e. The van der Waals surface area contributed by atoms with Crippen LogP contribution in [0.2, 0.25) is 0 Å². The molecule has 3 aromatic rings. The van der Waals surface area contributed by atoms with Gasteiger partial charge in [0.25, 0.3) is 0 Å². The highest BCUT2D eigenvalue weighted by molar-refractivity contribution is 5.99. The van der Waals surface area contributed by atoms with Crippen molar-refractivity contribution in [2.45, 2.75) is 6.42 Å². The third kappa shape index (κ3) is 3.77. The molecule has 0 bridgehead atoms. The number of ether oxygens (including phenoxy) is 2. The van der Waals surface area contributed by atoms with Crippen LogP contribution in [0.1, 0.15) is 6.42 Å². The van der Waals surface area contributed by atoms with Crippen LogP contribution >= 0.6 is 0 Å². The Hall–Kier alpha value is -3.30. The normalized spacial score (nSPS) is 18.9. The van der Waals surface area contributed by atoms with Gasteiger partial charge in [-0.05, 0) is 24.1 Å². The number of nitrogens with zero attached hydrogens (tertiary/aromatic N) is 5. The molecule has 0 radical (unpaired) electrons. The monoisotopic (exact) mass is 405 g/mol. The van der Waals surface area contributed by atoms with Crippen LogP contribution in [-0.4, -0.2) is 64.8 Å². The molecular formula is C21H23N7O2. The maximum Gasteiger partial charge on any atom is 0.160 e. The SMILES string of the molecule is N=C1COCC/C1=C/Nc1cc(N2CCOCC2)n2nc(-c3ccncc3)cc2n1. The lowest BCUT2D eigenvalue weighted by Crippen LogP contribution is -2.37. The molecule has 154 valence electrons. The molecule has 2 saturated heterocycles. The standard InChI is InChI=1S/C21H23N7O2/c22-17-14-30-8-3-16(17)13-24-19-12-21(27-6-9-29-10-7-27)28-20(25-19)11-18(26-28)15-1-4-23-5-2-15/h1-2,4-5,11-13,22H,3,6-10,14H2,(H,24,25)/b16-13-,22-17?. The zero-order valence-electron chi connectivity index (χ0n) is 16.5. The summed E-state index contributed by atoms with van der Waals surface area (Å²) < 4.78 is 12.7. The second kappa shape index (κ2) is 8.21. The zero-order valence-corrected chi connectivity index (χ0v) is 16.5. The lowest BCUT2D eigenvalue weighted by Gasteiger charge is -2.29. The van der Waals surface area contributed by atoms with Crippen molar-refractivity contribution in [2.24, 2.45) is 0 Å². The average Bonchev–Trinajstić information content (AvgIpc) is 3.23. The van der Waals surface area contributed by atoms with Gasteiger partial charge in [0.1, 0.15) is 11.6 Å². The second-order valence-electron chi connectivity index (χ2n) is 7.23. The van der Waals surface area contributed by atoms with Gasteiger partial charge in [-0.3, -0.25) is 4.98 Å². The van der Waals surface area contributed by atoms with E-state index in [1.54, 1.807) is 12.4 Å². The molecule has 2 aliphatic rings. The van der Waals surface area contributed by atoms with Gasteiger partial charge in [0.15, 0.2) is 5.65 Å². The van der Waals surface area contributed by atoms with E-state index in [4.69, 9.17) is 25.0 Å². The van der Waals surface area contributed by atoms with Crippen molar-refractivity contribution in [3.05, 3.63) is 48.4 Å². The van der Waals surface area contributed by atoms with Gasteiger partial charge < -0.3 is 25.1 Å². The summed E-state index contributed by atoms with van der Waals surface area (Å²) in [6.45, 7) is 3.97. The van der Waals surface area contributed by atoms with Crippen molar-refractivity contribution in [1.29, 1.82) is 5.41 Å². The molecule has 2 N–H and O–H groups in total. The number of pyridine rings is 1. The quantitative estimate of drug-likeness (QED) is 0.687. The van der Waals surface area contributed by atoms with Crippen LogP contribution in [0, 0.1) is 5.41 Å². The number of hydrogen-bond donors (Lipinski definition) is 2. The van der Waals surface area contributed by atoms with Gasteiger partial charge in [-0.15, -0.1) is 0 Å². The molecule has 0 unspecified atom stereocenters. The topological polar surface area (TPSA) is 101 Å². The van der Waals surface area contributed by atoms with E-state index in [9.17, 15) is 0 Å². The van der Waals surface area contributed by atoms with Crippen molar-refractivity contribution < 1.29 is 9.47 Å². The third-order valence-electron chi connectivity index (χ3n) is 5.26. The molecule has 9 nitrogen and oxygen atoms in total. The minimum atomic E-state index is 0.358. The number of fused-ring (bicyclic) bond motifs is 1. The summed E-state index contributed by atoms with van der Waals surface area (Å²) in [5, 5.41) is 16.1. The Morgan fingerprint density at radius 2 is 1.90 bits per heavy atom. The molecule has 2 aliphatic heterocycles. The fourth-order valence-electron chi connectivity index (χ4n) is 3.63. The molecule has 0 aliphatic carbocycles. The summed E-state index contributed by atoms with van der Waals surface area (Å²) in [4.78, 5) is 11.1. The fraction of sp³-hybridized carbons (Fsp3) is 0.333. The maximum atomic E-state index is 8.05. The van der Waals surface area contributed by atoms with Crippen LogP contribution in [0.3, 0.4) is 0 Å². The van der Waals surface area contributed by atoms with E-state index in [2.05, 4.69) is 15.2 Å². The molecule has 0 saturated carbocycles. The summed E-state index contributed by atoms with van der Waals surface area (Å²) in [7, 11) is 0. The summed E-state index contributed by atoms with van der Waals surface area (Å²) in [5.41, 5.74) is 4.06. The number of rotatable bonds is 4. The van der Waals surface area contributed by atoms with E-state index in [0.717, 1.165) is 53.6 Å². The number of aromatic nitrogens is 4. The molecule has 2 fully saturated rings. The predicted molar refractivity (Wildman–Crippen MR) is 114 cm³/mol. The average molecular weight is 405 g/mol. The van der Waals surface area contributed by atoms with Gasteiger partial charge in [0.05, 0.1) is 37.8 Å². The Bertz CT molecular complexity index is 1090.